The first-order chi connectivity index (χ1) is 11.2. The number of hydrogen-bond acceptors (Lipinski definition) is 2. The minimum atomic E-state index is 0.725. The molecule has 5 nitrogen and oxygen atoms in total. The lowest BCUT2D eigenvalue weighted by Crippen LogP contribution is -2.38. The number of halogens is 1. The maximum Gasteiger partial charge on any atom is 0.191 e. The third-order valence-electron chi connectivity index (χ3n) is 3.37. The average molecular weight is 334 g/mol. The Hall–Kier alpha value is -2.01. The Morgan fingerprint density at radius 3 is 2.83 bits per heavy atom. The molecule has 1 aromatic carbocycles. The summed E-state index contributed by atoms with van der Waals surface area (Å²) in [5, 5.41) is 11.6. The lowest BCUT2D eigenvalue weighted by molar-refractivity contribution is 0.765. The summed E-state index contributed by atoms with van der Waals surface area (Å²) in [6.07, 6.45) is 5.72. The van der Waals surface area contributed by atoms with E-state index in [0.29, 0.717) is 0 Å². The number of nitrogens with zero attached hydrogens (tertiary/aromatic N) is 3. The summed E-state index contributed by atoms with van der Waals surface area (Å²) in [6.45, 7) is 4.46. The molecule has 0 saturated carbocycles. The van der Waals surface area contributed by atoms with Gasteiger partial charge in [0.05, 0.1) is 6.20 Å². The lowest BCUT2D eigenvalue weighted by Gasteiger charge is -2.10. The van der Waals surface area contributed by atoms with Crippen molar-refractivity contribution in [2.45, 2.75) is 19.8 Å². The fraction of sp³-hybridized carbons (Fsp3) is 0.412. The van der Waals surface area contributed by atoms with E-state index in [1.54, 1.807) is 0 Å². The van der Waals surface area contributed by atoms with Gasteiger partial charge in [-0.1, -0.05) is 23.7 Å². The molecule has 23 heavy (non-hydrogen) atoms. The van der Waals surface area contributed by atoms with Crippen molar-refractivity contribution in [1.29, 1.82) is 0 Å². The van der Waals surface area contributed by atoms with Crippen LogP contribution in [-0.4, -0.2) is 35.4 Å². The van der Waals surface area contributed by atoms with Crippen molar-refractivity contribution >= 4 is 17.6 Å². The zero-order chi connectivity index (χ0) is 16.5. The van der Waals surface area contributed by atoms with Gasteiger partial charge in [0.2, 0.25) is 0 Å². The molecule has 124 valence electrons. The topological polar surface area (TPSA) is 54.2 Å². The highest BCUT2D eigenvalue weighted by Gasteiger charge is 2.00. The zero-order valence-corrected chi connectivity index (χ0v) is 14.5. The number of aromatic nitrogens is 2. The average Bonchev–Trinajstić information content (AvgIpc) is 2.93. The first kappa shape index (κ1) is 17.3. The molecule has 0 fully saturated rings. The van der Waals surface area contributed by atoms with Crippen LogP contribution in [0.3, 0.4) is 0 Å². The summed E-state index contributed by atoms with van der Waals surface area (Å²) in [5.41, 5.74) is 2.42. The van der Waals surface area contributed by atoms with Gasteiger partial charge in [-0.2, -0.15) is 5.10 Å². The minimum Gasteiger partial charge on any atom is -0.357 e. The van der Waals surface area contributed by atoms with E-state index in [1.165, 1.54) is 11.1 Å². The van der Waals surface area contributed by atoms with Gasteiger partial charge >= 0.3 is 0 Å². The third kappa shape index (κ3) is 6.32. The van der Waals surface area contributed by atoms with Crippen molar-refractivity contribution in [1.82, 2.24) is 20.4 Å². The second-order valence-corrected chi connectivity index (χ2v) is 5.78. The molecule has 0 unspecified atom stereocenters. The predicted octanol–water partition coefficient (Wildman–Crippen LogP) is 2.41. The van der Waals surface area contributed by atoms with Crippen LogP contribution in [0.1, 0.15) is 18.1 Å². The van der Waals surface area contributed by atoms with Crippen LogP contribution in [0, 0.1) is 0 Å². The molecule has 0 radical (unpaired) electrons. The number of hydrogen-bond donors (Lipinski definition) is 2. The molecule has 1 aromatic heterocycles. The fourth-order valence-electron chi connectivity index (χ4n) is 2.26. The highest BCUT2D eigenvalue weighted by molar-refractivity contribution is 6.30. The van der Waals surface area contributed by atoms with Gasteiger partial charge in [-0.3, -0.25) is 9.67 Å². The van der Waals surface area contributed by atoms with Crippen molar-refractivity contribution in [3.05, 3.63) is 52.8 Å². The Kier molecular flexibility index (Phi) is 6.94. The first-order valence-electron chi connectivity index (χ1n) is 7.91. The molecule has 2 N–H and O–H groups in total. The van der Waals surface area contributed by atoms with Crippen LogP contribution in [0.5, 0.6) is 0 Å². The highest BCUT2D eigenvalue weighted by atomic mass is 35.5. The molecule has 0 spiro atoms. The van der Waals surface area contributed by atoms with Crippen LogP contribution in [0.15, 0.2) is 41.7 Å². The smallest absolute Gasteiger partial charge is 0.191 e. The maximum atomic E-state index is 6.00. The van der Waals surface area contributed by atoms with Gasteiger partial charge in [0.25, 0.3) is 0 Å². The number of guanidine groups is 1. The van der Waals surface area contributed by atoms with E-state index >= 15 is 0 Å². The van der Waals surface area contributed by atoms with Crippen LogP contribution in [0.4, 0.5) is 0 Å². The quantitative estimate of drug-likeness (QED) is 0.604. The standard InChI is InChI=1S/C17H24ClN5/c1-3-19-17(21-10-8-15-12-22-23(2)13-15)20-9-7-14-5-4-6-16(18)11-14/h4-6,11-13H,3,7-10H2,1-2H3,(H2,19,20,21). The summed E-state index contributed by atoms with van der Waals surface area (Å²) in [7, 11) is 1.93. The Morgan fingerprint density at radius 1 is 1.26 bits per heavy atom. The van der Waals surface area contributed by atoms with E-state index in [0.717, 1.165) is 43.5 Å². The normalized spacial score (nSPS) is 11.5. The molecule has 0 aliphatic heterocycles. The minimum absolute atomic E-state index is 0.725. The molecule has 6 heteroatoms. The van der Waals surface area contributed by atoms with Crippen molar-refractivity contribution in [2.24, 2.45) is 12.0 Å². The number of rotatable bonds is 7. The maximum absolute atomic E-state index is 6.00. The Morgan fingerprint density at radius 2 is 2.13 bits per heavy atom. The molecule has 0 aliphatic rings. The fourth-order valence-corrected chi connectivity index (χ4v) is 2.47. The van der Waals surface area contributed by atoms with Crippen molar-refractivity contribution in [3.8, 4) is 0 Å². The second kappa shape index (κ2) is 9.20. The van der Waals surface area contributed by atoms with Crippen LogP contribution < -0.4 is 10.6 Å². The molecular weight excluding hydrogens is 310 g/mol. The van der Waals surface area contributed by atoms with Gasteiger partial charge in [-0.15, -0.1) is 0 Å². The van der Waals surface area contributed by atoms with E-state index < -0.39 is 0 Å². The highest BCUT2D eigenvalue weighted by Crippen LogP contribution is 2.10. The van der Waals surface area contributed by atoms with Gasteiger partial charge in [0.15, 0.2) is 5.96 Å². The van der Waals surface area contributed by atoms with Crippen LogP contribution >= 0.6 is 11.6 Å². The molecule has 0 bridgehead atoms. The van der Waals surface area contributed by atoms with E-state index in [9.17, 15) is 0 Å². The number of aryl methyl sites for hydroxylation is 1. The SMILES string of the molecule is CCNC(=NCCc1cccc(Cl)c1)NCCc1cnn(C)c1. The van der Waals surface area contributed by atoms with Crippen LogP contribution in [-0.2, 0) is 19.9 Å². The van der Waals surface area contributed by atoms with Gasteiger partial charge < -0.3 is 10.6 Å². The second-order valence-electron chi connectivity index (χ2n) is 5.34. The van der Waals surface area contributed by atoms with Gasteiger partial charge in [-0.25, -0.2) is 0 Å². The predicted molar refractivity (Wildman–Crippen MR) is 96.0 cm³/mol. The zero-order valence-electron chi connectivity index (χ0n) is 13.7. The van der Waals surface area contributed by atoms with E-state index in [2.05, 4.69) is 33.7 Å². The molecule has 0 aliphatic carbocycles. The van der Waals surface area contributed by atoms with Gasteiger partial charge in [0, 0.05) is 37.9 Å². The number of aliphatic imine (C=N–C) groups is 1. The number of benzene rings is 1. The summed E-state index contributed by atoms with van der Waals surface area (Å²) in [5.74, 6) is 0.846. The van der Waals surface area contributed by atoms with Crippen molar-refractivity contribution < 1.29 is 0 Å². The summed E-state index contributed by atoms with van der Waals surface area (Å²) in [6, 6.07) is 7.92. The monoisotopic (exact) mass is 333 g/mol. The Labute approximate surface area is 142 Å². The summed E-state index contributed by atoms with van der Waals surface area (Å²) >= 11 is 6.00. The number of nitrogens with one attached hydrogen (secondary N) is 2. The summed E-state index contributed by atoms with van der Waals surface area (Å²) < 4.78 is 1.82. The molecule has 2 rings (SSSR count). The van der Waals surface area contributed by atoms with Crippen molar-refractivity contribution in [3.63, 3.8) is 0 Å². The van der Waals surface area contributed by atoms with Crippen LogP contribution in [0.2, 0.25) is 5.02 Å². The first-order valence-corrected chi connectivity index (χ1v) is 8.29. The van der Waals surface area contributed by atoms with E-state index in [1.807, 2.05) is 42.3 Å². The van der Waals surface area contributed by atoms with Crippen LogP contribution in [0.25, 0.3) is 0 Å². The lowest BCUT2D eigenvalue weighted by atomic mass is 10.1. The van der Waals surface area contributed by atoms with Crippen molar-refractivity contribution in [2.75, 3.05) is 19.6 Å². The van der Waals surface area contributed by atoms with Gasteiger partial charge in [0.1, 0.15) is 0 Å². The van der Waals surface area contributed by atoms with E-state index in [-0.39, 0.29) is 0 Å². The Bertz CT molecular complexity index is 635. The molecule has 0 saturated heterocycles. The van der Waals surface area contributed by atoms with E-state index in [4.69, 9.17) is 11.6 Å². The largest absolute Gasteiger partial charge is 0.357 e. The molecule has 0 atom stereocenters. The molecular formula is C17H24ClN5. The molecule has 1 heterocycles. The Balaban J connectivity index is 1.79. The molecule has 0 amide bonds. The third-order valence-corrected chi connectivity index (χ3v) is 3.60. The summed E-state index contributed by atoms with van der Waals surface area (Å²) in [4.78, 5) is 4.61. The van der Waals surface area contributed by atoms with Gasteiger partial charge in [-0.05, 0) is 43.0 Å². The molecule has 2 aromatic rings.